The Labute approximate surface area is 145 Å². The average Bonchev–Trinajstić information content (AvgIpc) is 3.21. The van der Waals surface area contributed by atoms with Gasteiger partial charge < -0.3 is 10.1 Å². The summed E-state index contributed by atoms with van der Waals surface area (Å²) in [5.41, 5.74) is 2.04. The van der Waals surface area contributed by atoms with Gasteiger partial charge in [0.05, 0.1) is 5.92 Å². The van der Waals surface area contributed by atoms with Gasteiger partial charge in [-0.3, -0.25) is 9.36 Å². The molecule has 6 heteroatoms. The van der Waals surface area contributed by atoms with Crippen LogP contribution in [0.5, 0.6) is 5.75 Å². The van der Waals surface area contributed by atoms with Crippen LogP contribution in [0.4, 0.5) is 0 Å². The number of benzene rings is 1. The van der Waals surface area contributed by atoms with Crippen LogP contribution in [0, 0.1) is 5.92 Å². The van der Waals surface area contributed by atoms with E-state index in [1.165, 1.54) is 0 Å². The molecule has 1 N–H and O–H groups in total. The zero-order chi connectivity index (χ0) is 17.1. The SMILES string of the molecule is O=C(NCc1ccc(-n2ccnc2)nc1)C1COc2ccccc2C1. The highest BCUT2D eigenvalue weighted by atomic mass is 16.5. The minimum absolute atomic E-state index is 0.00758. The van der Waals surface area contributed by atoms with Gasteiger partial charge >= 0.3 is 0 Å². The van der Waals surface area contributed by atoms with Crippen LogP contribution >= 0.6 is 0 Å². The number of hydrogen-bond acceptors (Lipinski definition) is 4. The molecule has 0 spiro atoms. The summed E-state index contributed by atoms with van der Waals surface area (Å²) in [6.07, 6.45) is 7.72. The van der Waals surface area contributed by atoms with Crippen molar-refractivity contribution >= 4 is 5.91 Å². The van der Waals surface area contributed by atoms with Crippen molar-refractivity contribution in [2.45, 2.75) is 13.0 Å². The van der Waals surface area contributed by atoms with E-state index in [9.17, 15) is 4.79 Å². The topological polar surface area (TPSA) is 69.0 Å². The van der Waals surface area contributed by atoms with E-state index in [2.05, 4.69) is 15.3 Å². The highest BCUT2D eigenvalue weighted by Crippen LogP contribution is 2.26. The zero-order valence-electron chi connectivity index (χ0n) is 13.6. The lowest BCUT2D eigenvalue weighted by Crippen LogP contribution is -2.37. The number of para-hydroxylation sites is 1. The standard InChI is InChI=1S/C19H18N4O2/c24-19(16-9-15-3-1-2-4-17(15)25-12-16)22-11-14-5-6-18(21-10-14)23-8-7-20-13-23/h1-8,10,13,16H,9,11-12H2,(H,22,24). The van der Waals surface area contributed by atoms with Crippen LogP contribution in [0.2, 0.25) is 0 Å². The second-order valence-corrected chi connectivity index (χ2v) is 6.03. The van der Waals surface area contributed by atoms with E-state index in [0.717, 1.165) is 22.7 Å². The van der Waals surface area contributed by atoms with E-state index < -0.39 is 0 Å². The maximum atomic E-state index is 12.4. The van der Waals surface area contributed by atoms with Crippen LogP contribution in [0.25, 0.3) is 5.82 Å². The molecule has 1 aliphatic heterocycles. The third-order valence-corrected chi connectivity index (χ3v) is 4.29. The number of carbonyl (C=O) groups excluding carboxylic acids is 1. The summed E-state index contributed by atoms with van der Waals surface area (Å²) in [6.45, 7) is 0.870. The highest BCUT2D eigenvalue weighted by Gasteiger charge is 2.25. The first-order valence-corrected chi connectivity index (χ1v) is 8.21. The number of ether oxygens (including phenoxy) is 1. The molecule has 1 aliphatic rings. The van der Waals surface area contributed by atoms with Gasteiger partial charge in [-0.1, -0.05) is 24.3 Å². The Morgan fingerprint density at radius 1 is 1.28 bits per heavy atom. The molecule has 25 heavy (non-hydrogen) atoms. The molecule has 3 heterocycles. The van der Waals surface area contributed by atoms with E-state index in [1.807, 2.05) is 47.2 Å². The maximum Gasteiger partial charge on any atom is 0.227 e. The lowest BCUT2D eigenvalue weighted by atomic mass is 9.96. The Bertz CT molecular complexity index is 859. The number of carbonyl (C=O) groups is 1. The smallest absolute Gasteiger partial charge is 0.227 e. The van der Waals surface area contributed by atoms with Crippen molar-refractivity contribution in [3.63, 3.8) is 0 Å². The number of imidazole rings is 1. The van der Waals surface area contributed by atoms with Crippen molar-refractivity contribution in [2.24, 2.45) is 5.92 Å². The van der Waals surface area contributed by atoms with Crippen LogP contribution < -0.4 is 10.1 Å². The summed E-state index contributed by atoms with van der Waals surface area (Å²) in [5.74, 6) is 1.52. The fourth-order valence-electron chi connectivity index (χ4n) is 2.90. The van der Waals surface area contributed by atoms with Crippen molar-refractivity contribution in [1.82, 2.24) is 19.9 Å². The van der Waals surface area contributed by atoms with Crippen LogP contribution in [-0.2, 0) is 17.8 Å². The van der Waals surface area contributed by atoms with Gasteiger partial charge in [-0.05, 0) is 29.7 Å². The second-order valence-electron chi connectivity index (χ2n) is 6.03. The van der Waals surface area contributed by atoms with Crippen LogP contribution in [0.3, 0.4) is 0 Å². The van der Waals surface area contributed by atoms with Gasteiger partial charge in [0.25, 0.3) is 0 Å². The predicted molar refractivity (Wildman–Crippen MR) is 92.3 cm³/mol. The summed E-state index contributed by atoms with van der Waals surface area (Å²) in [6, 6.07) is 11.7. The molecule has 6 nitrogen and oxygen atoms in total. The highest BCUT2D eigenvalue weighted by molar-refractivity contribution is 5.79. The van der Waals surface area contributed by atoms with Gasteiger partial charge in [-0.2, -0.15) is 0 Å². The average molecular weight is 334 g/mol. The first-order valence-electron chi connectivity index (χ1n) is 8.21. The molecule has 126 valence electrons. The molecule has 0 radical (unpaired) electrons. The minimum Gasteiger partial charge on any atom is -0.492 e. The molecule has 0 saturated carbocycles. The summed E-state index contributed by atoms with van der Waals surface area (Å²) in [7, 11) is 0. The minimum atomic E-state index is -0.159. The first-order chi connectivity index (χ1) is 12.3. The Morgan fingerprint density at radius 3 is 3.00 bits per heavy atom. The first kappa shape index (κ1) is 15.4. The van der Waals surface area contributed by atoms with Gasteiger partial charge in [0.2, 0.25) is 5.91 Å². The molecule has 1 aromatic carbocycles. The number of aromatic nitrogens is 3. The number of pyridine rings is 1. The van der Waals surface area contributed by atoms with Gasteiger partial charge in [-0.25, -0.2) is 9.97 Å². The molecule has 0 aliphatic carbocycles. The Kier molecular flexibility index (Phi) is 4.16. The lowest BCUT2D eigenvalue weighted by molar-refractivity contribution is -0.126. The summed E-state index contributed by atoms with van der Waals surface area (Å²) >= 11 is 0. The van der Waals surface area contributed by atoms with Crippen LogP contribution in [-0.4, -0.2) is 27.0 Å². The molecular formula is C19H18N4O2. The van der Waals surface area contributed by atoms with E-state index >= 15 is 0 Å². The predicted octanol–water partition coefficient (Wildman–Crippen LogP) is 2.13. The number of hydrogen-bond donors (Lipinski definition) is 1. The quantitative estimate of drug-likeness (QED) is 0.794. The normalized spacial score (nSPS) is 15.9. The molecule has 0 fully saturated rings. The third kappa shape index (κ3) is 3.38. The third-order valence-electron chi connectivity index (χ3n) is 4.29. The fraction of sp³-hybridized carbons (Fsp3) is 0.211. The summed E-state index contributed by atoms with van der Waals surface area (Å²) in [4.78, 5) is 20.8. The Balaban J connectivity index is 1.35. The fourth-order valence-corrected chi connectivity index (χ4v) is 2.90. The van der Waals surface area contributed by atoms with E-state index in [4.69, 9.17) is 4.74 Å². The number of nitrogens with zero attached hydrogens (tertiary/aromatic N) is 3. The largest absolute Gasteiger partial charge is 0.492 e. The van der Waals surface area contributed by atoms with Gasteiger partial charge in [0, 0.05) is 25.1 Å². The molecule has 1 atom stereocenters. The van der Waals surface area contributed by atoms with Crippen molar-refractivity contribution in [2.75, 3.05) is 6.61 Å². The van der Waals surface area contributed by atoms with Crippen molar-refractivity contribution < 1.29 is 9.53 Å². The molecule has 1 unspecified atom stereocenters. The molecule has 3 aromatic rings. The summed E-state index contributed by atoms with van der Waals surface area (Å²) in [5, 5.41) is 2.98. The Morgan fingerprint density at radius 2 is 2.20 bits per heavy atom. The van der Waals surface area contributed by atoms with Gasteiger partial charge in [0.15, 0.2) is 0 Å². The van der Waals surface area contributed by atoms with E-state index in [-0.39, 0.29) is 11.8 Å². The van der Waals surface area contributed by atoms with E-state index in [0.29, 0.717) is 19.6 Å². The maximum absolute atomic E-state index is 12.4. The van der Waals surface area contributed by atoms with Crippen molar-refractivity contribution in [3.05, 3.63) is 72.4 Å². The monoisotopic (exact) mass is 334 g/mol. The number of amides is 1. The molecule has 0 bridgehead atoms. The summed E-state index contributed by atoms with van der Waals surface area (Å²) < 4.78 is 7.52. The molecule has 1 amide bonds. The number of rotatable bonds is 4. The van der Waals surface area contributed by atoms with Gasteiger partial charge in [0.1, 0.15) is 24.5 Å². The number of nitrogens with one attached hydrogen (secondary N) is 1. The molecule has 0 saturated heterocycles. The second kappa shape index (κ2) is 6.76. The van der Waals surface area contributed by atoms with E-state index in [1.54, 1.807) is 18.7 Å². The lowest BCUT2D eigenvalue weighted by Gasteiger charge is -2.24. The molecule has 4 rings (SSSR count). The van der Waals surface area contributed by atoms with Gasteiger partial charge in [-0.15, -0.1) is 0 Å². The van der Waals surface area contributed by atoms with Crippen LogP contribution in [0.1, 0.15) is 11.1 Å². The zero-order valence-corrected chi connectivity index (χ0v) is 13.6. The van der Waals surface area contributed by atoms with Crippen LogP contribution in [0.15, 0.2) is 61.3 Å². The Hall–Kier alpha value is -3.15. The molecular weight excluding hydrogens is 316 g/mol. The molecule has 2 aromatic heterocycles. The van der Waals surface area contributed by atoms with Crippen molar-refractivity contribution in [3.8, 4) is 11.6 Å². The van der Waals surface area contributed by atoms with Crippen molar-refractivity contribution in [1.29, 1.82) is 0 Å². The number of fused-ring (bicyclic) bond motifs is 1.